The van der Waals surface area contributed by atoms with Gasteiger partial charge in [0.05, 0.1) is 10.6 Å². The fraction of sp³-hybridized carbons (Fsp3) is 0.312. The topological polar surface area (TPSA) is 104 Å². The quantitative estimate of drug-likeness (QED) is 0.582. The van der Waals surface area contributed by atoms with Crippen LogP contribution < -0.4 is 10.5 Å². The third-order valence-corrected chi connectivity index (χ3v) is 4.25. The Morgan fingerprint density at radius 1 is 1.37 bits per heavy atom. The van der Waals surface area contributed by atoms with Gasteiger partial charge in [0, 0.05) is 23.9 Å². The molecule has 0 saturated heterocycles. The summed E-state index contributed by atoms with van der Waals surface area (Å²) < 4.78 is 37.9. The van der Waals surface area contributed by atoms with Crippen LogP contribution in [0.5, 0.6) is 0 Å². The van der Waals surface area contributed by atoms with Gasteiger partial charge in [0.25, 0.3) is 5.69 Å². The lowest BCUT2D eigenvalue weighted by atomic mass is 9.72. The number of carbonyl (C=O) groups excluding carboxylic acids is 1. The molecule has 0 spiro atoms. The van der Waals surface area contributed by atoms with Crippen LogP contribution in [0, 0.1) is 10.1 Å². The molecule has 0 N–H and O–H groups in total. The Labute approximate surface area is 149 Å². The van der Waals surface area contributed by atoms with Crippen molar-refractivity contribution in [1.82, 2.24) is 9.71 Å². The maximum atomic E-state index is 12.6. The van der Waals surface area contributed by atoms with E-state index in [2.05, 4.69) is 9.82 Å². The molecule has 3 rings (SSSR count). The minimum absolute atomic E-state index is 0.130. The zero-order chi connectivity index (χ0) is 20.1. The summed E-state index contributed by atoms with van der Waals surface area (Å²) in [4.78, 5) is 41.4. The van der Waals surface area contributed by atoms with E-state index in [1.165, 1.54) is 18.3 Å². The van der Waals surface area contributed by atoms with Crippen LogP contribution in [0.4, 0.5) is 18.9 Å². The van der Waals surface area contributed by atoms with Gasteiger partial charge in [0.2, 0.25) is 0 Å². The second-order valence-corrected chi connectivity index (χ2v) is 6.63. The van der Waals surface area contributed by atoms with E-state index in [-0.39, 0.29) is 28.1 Å². The lowest BCUT2D eigenvalue weighted by Crippen LogP contribution is -2.41. The van der Waals surface area contributed by atoms with Gasteiger partial charge in [-0.05, 0) is 23.0 Å². The van der Waals surface area contributed by atoms with Crippen molar-refractivity contribution in [3.63, 3.8) is 0 Å². The Bertz CT molecular complexity index is 1030. The Balaban J connectivity index is 2.29. The number of benzene rings is 1. The van der Waals surface area contributed by atoms with Crippen LogP contribution in [0.3, 0.4) is 0 Å². The van der Waals surface area contributed by atoms with Crippen molar-refractivity contribution in [2.45, 2.75) is 31.9 Å². The number of nitro groups is 1. The van der Waals surface area contributed by atoms with Gasteiger partial charge in [-0.1, -0.05) is 19.9 Å². The molecule has 0 atom stereocenters. The molecular formula is C16H12F3N3O5. The van der Waals surface area contributed by atoms with Crippen LogP contribution in [0.25, 0.3) is 11.3 Å². The molecular weight excluding hydrogens is 371 g/mol. The second-order valence-electron chi connectivity index (χ2n) is 6.63. The van der Waals surface area contributed by atoms with Crippen LogP contribution in [0.1, 0.15) is 25.0 Å². The Morgan fingerprint density at radius 3 is 2.63 bits per heavy atom. The molecule has 8 nitrogen and oxygen atoms in total. The van der Waals surface area contributed by atoms with Gasteiger partial charge in [0.1, 0.15) is 0 Å². The molecule has 27 heavy (non-hydrogen) atoms. The molecule has 142 valence electrons. The summed E-state index contributed by atoms with van der Waals surface area (Å²) >= 11 is 0. The number of aromatic nitrogens is 2. The molecule has 1 aromatic carbocycles. The normalized spacial score (nSPS) is 14.9. The lowest BCUT2D eigenvalue weighted by molar-refractivity contribution is -0.384. The van der Waals surface area contributed by atoms with E-state index in [0.717, 1.165) is 6.07 Å². The minimum atomic E-state index is -5.33. The first kappa shape index (κ1) is 18.5. The van der Waals surface area contributed by atoms with E-state index >= 15 is 0 Å². The van der Waals surface area contributed by atoms with Crippen molar-refractivity contribution in [3.05, 3.63) is 56.1 Å². The SMILES string of the molecule is CC1(C)Cc2cnc(=O)n(OC(=O)C(F)(F)F)c2-c2cc([N+](=O)[O-])ccc21. The number of alkyl halides is 3. The van der Waals surface area contributed by atoms with Gasteiger partial charge in [-0.25, -0.2) is 9.59 Å². The number of nitro benzene ring substituents is 1. The van der Waals surface area contributed by atoms with Crippen molar-refractivity contribution in [3.8, 4) is 11.3 Å². The number of hydrogen-bond donors (Lipinski definition) is 0. The molecule has 0 radical (unpaired) electrons. The van der Waals surface area contributed by atoms with Gasteiger partial charge >= 0.3 is 17.8 Å². The molecule has 0 bridgehead atoms. The van der Waals surface area contributed by atoms with E-state index in [9.17, 15) is 32.9 Å². The number of hydrogen-bond acceptors (Lipinski definition) is 6. The first-order chi connectivity index (χ1) is 12.4. The Morgan fingerprint density at radius 2 is 2.04 bits per heavy atom. The maximum absolute atomic E-state index is 12.6. The number of halogens is 3. The van der Waals surface area contributed by atoms with Gasteiger partial charge in [-0.2, -0.15) is 18.2 Å². The van der Waals surface area contributed by atoms with E-state index in [1.54, 1.807) is 0 Å². The van der Waals surface area contributed by atoms with Crippen LogP contribution in [0.2, 0.25) is 0 Å². The molecule has 1 aromatic heterocycles. The van der Waals surface area contributed by atoms with Gasteiger partial charge in [-0.15, -0.1) is 4.73 Å². The highest BCUT2D eigenvalue weighted by molar-refractivity contribution is 5.78. The Hall–Kier alpha value is -3.24. The van der Waals surface area contributed by atoms with Gasteiger partial charge < -0.3 is 4.84 Å². The maximum Gasteiger partial charge on any atom is 0.493 e. The van der Waals surface area contributed by atoms with Crippen molar-refractivity contribution < 1.29 is 27.7 Å². The highest BCUT2D eigenvalue weighted by Crippen LogP contribution is 2.43. The van der Waals surface area contributed by atoms with Crippen LogP contribution >= 0.6 is 0 Å². The standard InChI is InChI=1S/C16H12F3N3O5/c1-15(2)6-8-7-20-14(24)21(27-13(23)16(17,18)19)12(8)10-5-9(22(25)26)3-4-11(10)15/h3-5,7H,6H2,1-2H3. The smallest absolute Gasteiger partial charge is 0.323 e. The average Bonchev–Trinajstić information content (AvgIpc) is 2.55. The van der Waals surface area contributed by atoms with Crippen LogP contribution in [0.15, 0.2) is 29.2 Å². The third kappa shape index (κ3) is 3.15. The number of non-ortho nitro benzene ring substituents is 1. The molecule has 0 fully saturated rings. The number of carbonyl (C=O) groups is 1. The Kier molecular flexibility index (Phi) is 4.05. The zero-order valence-electron chi connectivity index (χ0n) is 14.0. The summed E-state index contributed by atoms with van der Waals surface area (Å²) in [6, 6.07) is 3.86. The largest absolute Gasteiger partial charge is 0.493 e. The summed E-state index contributed by atoms with van der Waals surface area (Å²) in [6.45, 7) is 3.66. The summed E-state index contributed by atoms with van der Waals surface area (Å²) in [5.74, 6) is -2.60. The monoisotopic (exact) mass is 383 g/mol. The van der Waals surface area contributed by atoms with E-state index in [0.29, 0.717) is 11.1 Å². The molecule has 0 saturated carbocycles. The molecule has 0 unspecified atom stereocenters. The highest BCUT2D eigenvalue weighted by Gasteiger charge is 2.43. The average molecular weight is 383 g/mol. The second kappa shape index (κ2) is 5.89. The highest BCUT2D eigenvalue weighted by atomic mass is 19.4. The van der Waals surface area contributed by atoms with Crippen molar-refractivity contribution in [2.75, 3.05) is 0 Å². The fourth-order valence-electron chi connectivity index (χ4n) is 3.11. The summed E-state index contributed by atoms with van der Waals surface area (Å²) in [5.41, 5.74) is -1.27. The molecule has 1 aliphatic rings. The summed E-state index contributed by atoms with van der Waals surface area (Å²) in [6.07, 6.45) is -3.90. The van der Waals surface area contributed by atoms with Gasteiger partial charge in [-0.3, -0.25) is 10.1 Å². The van der Waals surface area contributed by atoms with E-state index in [4.69, 9.17) is 0 Å². The molecule has 11 heteroatoms. The number of fused-ring (bicyclic) bond motifs is 3. The first-order valence-electron chi connectivity index (χ1n) is 7.61. The molecule has 0 amide bonds. The molecule has 1 aliphatic carbocycles. The lowest BCUT2D eigenvalue weighted by Gasteiger charge is -2.34. The van der Waals surface area contributed by atoms with Crippen LogP contribution in [-0.4, -0.2) is 26.8 Å². The van der Waals surface area contributed by atoms with Gasteiger partial charge in [0.15, 0.2) is 0 Å². The summed E-state index contributed by atoms with van der Waals surface area (Å²) in [7, 11) is 0. The van der Waals surface area contributed by atoms with E-state index < -0.39 is 28.2 Å². The predicted octanol–water partition coefficient (Wildman–Crippen LogP) is 2.17. The van der Waals surface area contributed by atoms with Crippen LogP contribution in [-0.2, 0) is 16.6 Å². The van der Waals surface area contributed by atoms with Crippen molar-refractivity contribution in [2.24, 2.45) is 0 Å². The van der Waals surface area contributed by atoms with E-state index in [1.807, 2.05) is 13.8 Å². The fourth-order valence-corrected chi connectivity index (χ4v) is 3.11. The molecule has 1 heterocycles. The summed E-state index contributed by atoms with van der Waals surface area (Å²) in [5, 5.41) is 11.1. The molecule has 2 aromatic rings. The van der Waals surface area contributed by atoms with Crippen molar-refractivity contribution in [1.29, 1.82) is 0 Å². The third-order valence-electron chi connectivity index (χ3n) is 4.25. The van der Waals surface area contributed by atoms with Crippen molar-refractivity contribution >= 4 is 11.7 Å². The zero-order valence-corrected chi connectivity index (χ0v) is 14.0. The number of rotatable bonds is 2. The first-order valence-corrected chi connectivity index (χ1v) is 7.61. The predicted molar refractivity (Wildman–Crippen MR) is 85.0 cm³/mol. The minimum Gasteiger partial charge on any atom is -0.323 e. The molecule has 0 aliphatic heterocycles. The number of nitrogens with zero attached hydrogens (tertiary/aromatic N) is 3.